The van der Waals surface area contributed by atoms with E-state index in [4.69, 9.17) is 4.74 Å². The number of esters is 1. The van der Waals surface area contributed by atoms with Gasteiger partial charge in [0.05, 0.1) is 23.9 Å². The monoisotopic (exact) mass is 454 g/mol. The Bertz CT molecular complexity index is 1270. The number of carbonyl (C=O) groups is 2. The van der Waals surface area contributed by atoms with Crippen molar-refractivity contribution in [2.45, 2.75) is 25.5 Å². The van der Waals surface area contributed by atoms with Crippen LogP contribution in [0.25, 0.3) is 10.9 Å². The molecule has 1 saturated heterocycles. The maximum absolute atomic E-state index is 13.3. The van der Waals surface area contributed by atoms with Gasteiger partial charge in [-0.1, -0.05) is 42.5 Å². The minimum absolute atomic E-state index is 0.0387. The first-order valence-electron chi connectivity index (χ1n) is 10.6. The van der Waals surface area contributed by atoms with Crippen molar-refractivity contribution in [2.24, 2.45) is 5.92 Å². The molecule has 0 unspecified atom stereocenters. The molecule has 0 saturated carbocycles. The molecule has 1 fully saturated rings. The zero-order valence-electron chi connectivity index (χ0n) is 18.2. The molecule has 8 heteroatoms. The number of piperidine rings is 1. The van der Waals surface area contributed by atoms with Crippen LogP contribution in [0.3, 0.4) is 0 Å². The summed E-state index contributed by atoms with van der Waals surface area (Å²) in [6.07, 6.45) is 2.40. The highest BCUT2D eigenvalue weighted by atomic mass is 32.2. The highest BCUT2D eigenvalue weighted by Gasteiger charge is 2.33. The molecular weight excluding hydrogens is 428 g/mol. The normalized spacial score (nSPS) is 15.7. The molecule has 0 bridgehead atoms. The molecule has 1 aliphatic rings. The molecule has 0 N–H and O–H groups in total. The third-order valence-electron chi connectivity index (χ3n) is 6.15. The highest BCUT2D eigenvalue weighted by molar-refractivity contribution is 7.88. The maximum atomic E-state index is 13.3. The lowest BCUT2D eigenvalue weighted by Gasteiger charge is -2.30. The second-order valence-electron chi connectivity index (χ2n) is 8.12. The number of hydrogen-bond donors (Lipinski definition) is 0. The quantitative estimate of drug-likeness (QED) is 0.550. The molecule has 2 heterocycles. The van der Waals surface area contributed by atoms with E-state index in [2.05, 4.69) is 0 Å². The molecule has 168 valence electrons. The number of aryl methyl sites for hydroxylation is 1. The molecule has 3 aromatic rings. The fourth-order valence-electron chi connectivity index (χ4n) is 4.27. The fourth-order valence-corrected chi connectivity index (χ4v) is 5.94. The van der Waals surface area contributed by atoms with Crippen LogP contribution in [0.15, 0.2) is 54.7 Å². The Balaban J connectivity index is 1.50. The van der Waals surface area contributed by atoms with Gasteiger partial charge in [-0.15, -0.1) is 0 Å². The zero-order chi connectivity index (χ0) is 22.9. The van der Waals surface area contributed by atoms with Gasteiger partial charge < -0.3 is 4.74 Å². The predicted molar refractivity (Wildman–Crippen MR) is 122 cm³/mol. The van der Waals surface area contributed by atoms with Gasteiger partial charge in [-0.2, -0.15) is 0 Å². The van der Waals surface area contributed by atoms with Gasteiger partial charge in [0.1, 0.15) is 0 Å². The summed E-state index contributed by atoms with van der Waals surface area (Å²) in [5.41, 5.74) is 2.73. The van der Waals surface area contributed by atoms with E-state index in [1.54, 1.807) is 18.2 Å². The Morgan fingerprint density at radius 1 is 1.03 bits per heavy atom. The number of methoxy groups -OCH3 is 1. The number of aromatic nitrogens is 1. The van der Waals surface area contributed by atoms with Crippen LogP contribution in [0.1, 0.15) is 39.1 Å². The number of rotatable bonds is 5. The fraction of sp³-hybridized carbons (Fsp3) is 0.333. The number of carbonyl (C=O) groups excluding carboxylic acids is 2. The van der Waals surface area contributed by atoms with Crippen LogP contribution in [0.2, 0.25) is 0 Å². The second kappa shape index (κ2) is 8.88. The Hall–Kier alpha value is -2.97. The number of ether oxygens (including phenoxy) is 1. The molecule has 7 nitrogen and oxygen atoms in total. The van der Waals surface area contributed by atoms with Crippen LogP contribution in [0.4, 0.5) is 0 Å². The Morgan fingerprint density at radius 3 is 2.38 bits per heavy atom. The largest absolute Gasteiger partial charge is 0.465 e. The van der Waals surface area contributed by atoms with E-state index in [1.165, 1.54) is 22.2 Å². The molecule has 0 amide bonds. The van der Waals surface area contributed by atoms with Crippen LogP contribution < -0.4 is 0 Å². The summed E-state index contributed by atoms with van der Waals surface area (Å²) in [7, 11) is -2.15. The minimum atomic E-state index is -3.46. The molecule has 2 aromatic carbocycles. The van der Waals surface area contributed by atoms with Crippen molar-refractivity contribution in [3.05, 3.63) is 71.4 Å². The van der Waals surface area contributed by atoms with Crippen LogP contribution in [0, 0.1) is 12.8 Å². The van der Waals surface area contributed by atoms with Gasteiger partial charge in [0.25, 0.3) is 0 Å². The lowest BCUT2D eigenvalue weighted by Crippen LogP contribution is -2.41. The average molecular weight is 455 g/mol. The number of hydrogen-bond acceptors (Lipinski definition) is 5. The van der Waals surface area contributed by atoms with Gasteiger partial charge in [0.2, 0.25) is 15.9 Å². The zero-order valence-corrected chi connectivity index (χ0v) is 19.0. The van der Waals surface area contributed by atoms with Crippen molar-refractivity contribution in [3.8, 4) is 0 Å². The Morgan fingerprint density at radius 2 is 1.69 bits per heavy atom. The first kappa shape index (κ1) is 22.2. The van der Waals surface area contributed by atoms with E-state index >= 15 is 0 Å². The number of para-hydroxylation sites is 1. The van der Waals surface area contributed by atoms with Crippen molar-refractivity contribution in [1.82, 2.24) is 8.87 Å². The van der Waals surface area contributed by atoms with Crippen molar-refractivity contribution in [1.29, 1.82) is 0 Å². The van der Waals surface area contributed by atoms with Crippen LogP contribution in [-0.4, -0.2) is 49.4 Å². The van der Waals surface area contributed by atoms with Crippen molar-refractivity contribution in [2.75, 3.05) is 20.2 Å². The van der Waals surface area contributed by atoms with E-state index in [-0.39, 0.29) is 17.6 Å². The topological polar surface area (TPSA) is 85.7 Å². The lowest BCUT2D eigenvalue weighted by atomic mass is 9.97. The van der Waals surface area contributed by atoms with Gasteiger partial charge in [-0.3, -0.25) is 9.36 Å². The van der Waals surface area contributed by atoms with Crippen LogP contribution >= 0.6 is 0 Å². The summed E-state index contributed by atoms with van der Waals surface area (Å²) in [6.45, 7) is 2.50. The van der Waals surface area contributed by atoms with Gasteiger partial charge >= 0.3 is 5.97 Å². The number of sulfonamides is 1. The molecule has 0 radical (unpaired) electrons. The van der Waals surface area contributed by atoms with Crippen LogP contribution in [-0.2, 0) is 20.5 Å². The van der Waals surface area contributed by atoms with Crippen molar-refractivity contribution >= 4 is 32.8 Å². The smallest absolute Gasteiger partial charge is 0.340 e. The Kier molecular flexibility index (Phi) is 6.17. The minimum Gasteiger partial charge on any atom is -0.465 e. The molecule has 32 heavy (non-hydrogen) atoms. The molecule has 4 rings (SSSR count). The highest BCUT2D eigenvalue weighted by Crippen LogP contribution is 2.27. The molecule has 0 aliphatic carbocycles. The summed E-state index contributed by atoms with van der Waals surface area (Å²) in [5, 5.41) is 0.658. The van der Waals surface area contributed by atoms with E-state index < -0.39 is 16.0 Å². The van der Waals surface area contributed by atoms with Crippen molar-refractivity contribution in [3.63, 3.8) is 0 Å². The number of fused-ring (bicyclic) bond motifs is 1. The first-order valence-corrected chi connectivity index (χ1v) is 12.2. The van der Waals surface area contributed by atoms with Gasteiger partial charge in [-0.25, -0.2) is 17.5 Å². The van der Waals surface area contributed by atoms with Crippen molar-refractivity contribution < 1.29 is 22.7 Å². The van der Waals surface area contributed by atoms with E-state index in [1.807, 2.05) is 37.3 Å². The van der Waals surface area contributed by atoms with Gasteiger partial charge in [-0.05, 0) is 37.0 Å². The number of nitrogens with zero attached hydrogens (tertiary/aromatic N) is 2. The molecule has 1 aliphatic heterocycles. The predicted octanol–water partition coefficient (Wildman–Crippen LogP) is 3.62. The third-order valence-corrected chi connectivity index (χ3v) is 7.98. The lowest BCUT2D eigenvalue weighted by molar-refractivity contribution is 0.0603. The standard InChI is InChI=1S/C24H26N2O5S/c1-17-7-3-4-8-19(17)16-32(29,30)25-13-11-18(12-14-25)23(27)26-15-21(24(28)31-2)20-9-5-6-10-22(20)26/h3-10,15,18H,11-14,16H2,1-2H3. The Labute approximate surface area is 187 Å². The van der Waals surface area contributed by atoms with E-state index in [0.29, 0.717) is 42.4 Å². The van der Waals surface area contributed by atoms with E-state index in [0.717, 1.165) is 11.1 Å². The average Bonchev–Trinajstić information content (AvgIpc) is 3.19. The summed E-state index contributed by atoms with van der Waals surface area (Å²) in [4.78, 5) is 25.4. The molecule has 0 atom stereocenters. The second-order valence-corrected chi connectivity index (χ2v) is 10.1. The third kappa shape index (κ3) is 4.20. The summed E-state index contributed by atoms with van der Waals surface area (Å²) < 4.78 is 33.7. The number of benzene rings is 2. The maximum Gasteiger partial charge on any atom is 0.340 e. The van der Waals surface area contributed by atoms with E-state index in [9.17, 15) is 18.0 Å². The molecule has 1 aromatic heterocycles. The van der Waals surface area contributed by atoms with Crippen LogP contribution in [0.5, 0.6) is 0 Å². The molecule has 0 spiro atoms. The summed E-state index contributed by atoms with van der Waals surface area (Å²) in [5.74, 6) is -0.985. The van der Waals surface area contributed by atoms with Gasteiger partial charge in [0.15, 0.2) is 0 Å². The first-order chi connectivity index (χ1) is 15.3. The SMILES string of the molecule is COC(=O)c1cn(C(=O)C2CCN(S(=O)(=O)Cc3ccccc3C)CC2)c2ccccc12. The summed E-state index contributed by atoms with van der Waals surface area (Å²) >= 11 is 0. The van der Waals surface area contributed by atoms with Gasteiger partial charge in [0, 0.05) is 30.6 Å². The molecular formula is C24H26N2O5S. The summed E-state index contributed by atoms with van der Waals surface area (Å²) in [6, 6.07) is 14.7.